The molecule has 0 radical (unpaired) electrons. The number of hydrogen-bond donors (Lipinski definition) is 4. The molecule has 0 saturated carbocycles. The smallest absolute Gasteiger partial charge is 0.134 e. The predicted octanol–water partition coefficient (Wildman–Crippen LogP) is -2.23. The maximum absolute atomic E-state index is 9.13. The molecule has 0 bridgehead atoms. The highest BCUT2D eigenvalue weighted by atomic mass is 16.5. The molecular weight excluding hydrogens is 150 g/mol. The van der Waals surface area contributed by atoms with Gasteiger partial charge in [0.15, 0.2) is 0 Å². The van der Waals surface area contributed by atoms with E-state index in [4.69, 9.17) is 25.8 Å². The standard InChI is InChI=1S/C6H13NO4/c7-6-5(10)4(9)1-3(2-8)11-6/h3-6,8-10H,1-2,7H2/t3-,4-,5-,6?/m0/s1. The summed E-state index contributed by atoms with van der Waals surface area (Å²) in [5.41, 5.74) is 5.29. The molecule has 1 aliphatic rings. The second-order valence-electron chi connectivity index (χ2n) is 2.70. The summed E-state index contributed by atoms with van der Waals surface area (Å²) in [7, 11) is 0. The molecule has 11 heavy (non-hydrogen) atoms. The van der Waals surface area contributed by atoms with Gasteiger partial charge >= 0.3 is 0 Å². The Kier molecular flexibility index (Phi) is 2.80. The first-order valence-electron chi connectivity index (χ1n) is 3.53. The lowest BCUT2D eigenvalue weighted by Gasteiger charge is -2.34. The second kappa shape index (κ2) is 3.46. The monoisotopic (exact) mass is 163 g/mol. The molecule has 1 aliphatic heterocycles. The highest BCUT2D eigenvalue weighted by Crippen LogP contribution is 2.16. The first-order chi connectivity index (χ1) is 5.15. The number of hydrogen-bond acceptors (Lipinski definition) is 5. The maximum Gasteiger partial charge on any atom is 0.134 e. The van der Waals surface area contributed by atoms with Crippen LogP contribution in [-0.4, -0.2) is 46.5 Å². The normalized spacial score (nSPS) is 45.8. The van der Waals surface area contributed by atoms with E-state index in [-0.39, 0.29) is 13.0 Å². The van der Waals surface area contributed by atoms with E-state index in [0.717, 1.165) is 0 Å². The molecule has 0 spiro atoms. The van der Waals surface area contributed by atoms with Crippen LogP contribution in [0.2, 0.25) is 0 Å². The van der Waals surface area contributed by atoms with E-state index in [1.54, 1.807) is 0 Å². The molecule has 1 unspecified atom stereocenters. The van der Waals surface area contributed by atoms with Gasteiger partial charge in [0.2, 0.25) is 0 Å². The Morgan fingerprint density at radius 3 is 2.55 bits per heavy atom. The molecule has 66 valence electrons. The van der Waals surface area contributed by atoms with Crippen LogP contribution in [0.5, 0.6) is 0 Å². The van der Waals surface area contributed by atoms with Crippen molar-refractivity contribution >= 4 is 0 Å². The van der Waals surface area contributed by atoms with E-state index >= 15 is 0 Å². The van der Waals surface area contributed by atoms with Gasteiger partial charge in [-0.25, -0.2) is 0 Å². The Balaban J connectivity index is 2.47. The molecule has 0 aromatic heterocycles. The fraction of sp³-hybridized carbons (Fsp3) is 1.00. The van der Waals surface area contributed by atoms with Gasteiger partial charge in [0, 0.05) is 6.42 Å². The van der Waals surface area contributed by atoms with Gasteiger partial charge in [0.1, 0.15) is 12.3 Å². The lowest BCUT2D eigenvalue weighted by Crippen LogP contribution is -2.53. The van der Waals surface area contributed by atoms with E-state index in [9.17, 15) is 0 Å². The van der Waals surface area contributed by atoms with Gasteiger partial charge in [-0.2, -0.15) is 0 Å². The first-order valence-corrected chi connectivity index (χ1v) is 3.53. The summed E-state index contributed by atoms with van der Waals surface area (Å²) < 4.78 is 4.94. The zero-order valence-electron chi connectivity index (χ0n) is 6.05. The molecule has 5 nitrogen and oxygen atoms in total. The van der Waals surface area contributed by atoms with Crippen LogP contribution < -0.4 is 5.73 Å². The maximum atomic E-state index is 9.13. The molecule has 1 fully saturated rings. The summed E-state index contributed by atoms with van der Waals surface area (Å²) in [6, 6.07) is 0. The topological polar surface area (TPSA) is 95.9 Å². The average molecular weight is 163 g/mol. The Labute approximate surface area is 64.4 Å². The second-order valence-corrected chi connectivity index (χ2v) is 2.70. The van der Waals surface area contributed by atoms with Gasteiger partial charge in [-0.05, 0) is 0 Å². The van der Waals surface area contributed by atoms with Crippen molar-refractivity contribution in [2.24, 2.45) is 5.73 Å². The molecular formula is C6H13NO4. The molecule has 1 heterocycles. The third-order valence-electron chi connectivity index (χ3n) is 1.79. The fourth-order valence-electron chi connectivity index (χ4n) is 1.10. The summed E-state index contributed by atoms with van der Waals surface area (Å²) in [4.78, 5) is 0. The van der Waals surface area contributed by atoms with E-state index in [0.29, 0.717) is 0 Å². The quantitative estimate of drug-likeness (QED) is 0.351. The molecule has 1 rings (SSSR count). The minimum absolute atomic E-state index is 0.183. The molecule has 0 aliphatic carbocycles. The van der Waals surface area contributed by atoms with E-state index < -0.39 is 24.5 Å². The molecule has 0 aromatic carbocycles. The Morgan fingerprint density at radius 2 is 2.09 bits per heavy atom. The van der Waals surface area contributed by atoms with Crippen molar-refractivity contribution < 1.29 is 20.1 Å². The van der Waals surface area contributed by atoms with E-state index in [1.165, 1.54) is 0 Å². The molecule has 5 heteroatoms. The minimum Gasteiger partial charge on any atom is -0.394 e. The van der Waals surface area contributed by atoms with Crippen LogP contribution >= 0.6 is 0 Å². The van der Waals surface area contributed by atoms with Crippen LogP contribution in [0.1, 0.15) is 6.42 Å². The van der Waals surface area contributed by atoms with Crippen molar-refractivity contribution in [3.8, 4) is 0 Å². The summed E-state index contributed by atoms with van der Waals surface area (Å²) in [5, 5.41) is 26.8. The number of aliphatic hydroxyl groups is 3. The van der Waals surface area contributed by atoms with Crippen LogP contribution in [0.3, 0.4) is 0 Å². The summed E-state index contributed by atoms with van der Waals surface area (Å²) in [6.45, 7) is -0.183. The summed E-state index contributed by atoms with van der Waals surface area (Å²) in [5.74, 6) is 0. The zero-order chi connectivity index (χ0) is 8.43. The van der Waals surface area contributed by atoms with Crippen molar-refractivity contribution in [3.63, 3.8) is 0 Å². The lowest BCUT2D eigenvalue weighted by molar-refractivity contribution is -0.174. The number of rotatable bonds is 1. The summed E-state index contributed by atoms with van der Waals surface area (Å²) >= 11 is 0. The Hall–Kier alpha value is -0.200. The van der Waals surface area contributed by atoms with Crippen molar-refractivity contribution in [1.82, 2.24) is 0 Å². The predicted molar refractivity (Wildman–Crippen MR) is 36.6 cm³/mol. The number of ether oxygens (including phenoxy) is 1. The highest BCUT2D eigenvalue weighted by molar-refractivity contribution is 4.81. The van der Waals surface area contributed by atoms with E-state index in [1.807, 2.05) is 0 Å². The van der Waals surface area contributed by atoms with Gasteiger partial charge in [-0.3, -0.25) is 0 Å². The van der Waals surface area contributed by atoms with Crippen LogP contribution in [0.4, 0.5) is 0 Å². The van der Waals surface area contributed by atoms with Gasteiger partial charge in [-0.1, -0.05) is 0 Å². The Morgan fingerprint density at radius 1 is 1.45 bits per heavy atom. The van der Waals surface area contributed by atoms with Crippen molar-refractivity contribution in [3.05, 3.63) is 0 Å². The largest absolute Gasteiger partial charge is 0.394 e. The van der Waals surface area contributed by atoms with Gasteiger partial charge in [-0.15, -0.1) is 0 Å². The molecule has 1 saturated heterocycles. The van der Waals surface area contributed by atoms with Crippen molar-refractivity contribution in [2.75, 3.05) is 6.61 Å². The van der Waals surface area contributed by atoms with E-state index in [2.05, 4.69) is 0 Å². The molecule has 0 aromatic rings. The van der Waals surface area contributed by atoms with Gasteiger partial charge in [0.25, 0.3) is 0 Å². The van der Waals surface area contributed by atoms with Crippen molar-refractivity contribution in [2.45, 2.75) is 31.0 Å². The van der Waals surface area contributed by atoms with Crippen LogP contribution in [0, 0.1) is 0 Å². The fourth-order valence-corrected chi connectivity index (χ4v) is 1.10. The number of nitrogens with two attached hydrogens (primary N) is 1. The molecule has 0 amide bonds. The Bertz CT molecular complexity index is 120. The van der Waals surface area contributed by atoms with Crippen LogP contribution in [0.15, 0.2) is 0 Å². The molecule has 5 N–H and O–H groups in total. The summed E-state index contributed by atoms with van der Waals surface area (Å²) in [6.07, 6.45) is -3.06. The SMILES string of the molecule is NC1O[C@H](CO)C[C@H](O)[C@@H]1O. The minimum atomic E-state index is -1.04. The van der Waals surface area contributed by atoms with Gasteiger partial charge < -0.3 is 25.8 Å². The van der Waals surface area contributed by atoms with Crippen LogP contribution in [-0.2, 0) is 4.74 Å². The zero-order valence-corrected chi connectivity index (χ0v) is 6.05. The molecule has 4 atom stereocenters. The average Bonchev–Trinajstić information content (AvgIpc) is 1.99. The number of aliphatic hydroxyl groups excluding tert-OH is 3. The van der Waals surface area contributed by atoms with Crippen molar-refractivity contribution in [1.29, 1.82) is 0 Å². The third kappa shape index (κ3) is 1.88. The lowest BCUT2D eigenvalue weighted by atomic mass is 10.0. The third-order valence-corrected chi connectivity index (χ3v) is 1.79. The van der Waals surface area contributed by atoms with Gasteiger partial charge in [0.05, 0.1) is 18.8 Å². The van der Waals surface area contributed by atoms with Crippen LogP contribution in [0.25, 0.3) is 0 Å². The highest BCUT2D eigenvalue weighted by Gasteiger charge is 2.33. The first kappa shape index (κ1) is 8.89.